The highest BCUT2D eigenvalue weighted by atomic mass is 35.5. The lowest BCUT2D eigenvalue weighted by molar-refractivity contribution is -0.134. The summed E-state index contributed by atoms with van der Waals surface area (Å²) in [5.74, 6) is -0.515. The van der Waals surface area contributed by atoms with Crippen molar-refractivity contribution in [3.63, 3.8) is 0 Å². The van der Waals surface area contributed by atoms with Crippen molar-refractivity contribution in [3.05, 3.63) is 35.9 Å². The molecule has 1 saturated heterocycles. The normalized spacial score (nSPS) is 18.6. The topological polar surface area (TPSA) is 84.2 Å². The lowest BCUT2D eigenvalue weighted by Crippen LogP contribution is -2.57. The molecule has 1 aromatic carbocycles. The summed E-state index contributed by atoms with van der Waals surface area (Å²) in [5.41, 5.74) is 5.03. The van der Waals surface area contributed by atoms with Gasteiger partial charge in [0.1, 0.15) is 5.54 Å². The third-order valence-corrected chi connectivity index (χ3v) is 4.15. The van der Waals surface area contributed by atoms with Gasteiger partial charge in [0, 0.05) is 5.92 Å². The summed E-state index contributed by atoms with van der Waals surface area (Å²) in [4.78, 5) is 24.2. The van der Waals surface area contributed by atoms with Crippen molar-refractivity contribution in [1.29, 1.82) is 0 Å². The van der Waals surface area contributed by atoms with E-state index in [1.54, 1.807) is 19.1 Å². The van der Waals surface area contributed by atoms with Crippen molar-refractivity contribution in [2.75, 3.05) is 13.1 Å². The van der Waals surface area contributed by atoms with E-state index < -0.39 is 11.4 Å². The molecule has 2 amide bonds. The quantitative estimate of drug-likeness (QED) is 0.751. The van der Waals surface area contributed by atoms with E-state index in [9.17, 15) is 9.59 Å². The van der Waals surface area contributed by atoms with E-state index in [1.165, 1.54) is 0 Å². The molecule has 0 radical (unpaired) electrons. The molecule has 0 spiro atoms. The second-order valence-corrected chi connectivity index (χ2v) is 5.55. The predicted octanol–water partition coefficient (Wildman–Crippen LogP) is 0.781. The molecule has 2 rings (SSSR count). The van der Waals surface area contributed by atoms with Crippen LogP contribution in [0.4, 0.5) is 0 Å². The van der Waals surface area contributed by atoms with Crippen LogP contribution >= 0.6 is 12.4 Å². The maximum Gasteiger partial charge on any atom is 0.247 e. The van der Waals surface area contributed by atoms with Gasteiger partial charge in [-0.15, -0.1) is 12.4 Å². The van der Waals surface area contributed by atoms with Gasteiger partial charge in [0.2, 0.25) is 11.8 Å². The number of nitrogens with two attached hydrogens (primary N) is 1. The van der Waals surface area contributed by atoms with E-state index >= 15 is 0 Å². The van der Waals surface area contributed by atoms with Crippen LogP contribution in [0.25, 0.3) is 0 Å². The third-order valence-electron chi connectivity index (χ3n) is 4.15. The Bertz CT molecular complexity index is 505. The number of rotatable bonds is 5. The third kappa shape index (κ3) is 3.54. The maximum absolute atomic E-state index is 12.3. The van der Waals surface area contributed by atoms with E-state index in [4.69, 9.17) is 5.73 Å². The fourth-order valence-electron chi connectivity index (χ4n) is 2.29. The molecule has 5 nitrogen and oxygen atoms in total. The van der Waals surface area contributed by atoms with E-state index in [-0.39, 0.29) is 24.2 Å². The molecule has 1 aliphatic rings. The Morgan fingerprint density at radius 2 is 1.90 bits per heavy atom. The average Bonchev–Trinajstić information content (AvgIpc) is 2.37. The molecule has 116 valence electrons. The number of primary amides is 1. The highest BCUT2D eigenvalue weighted by molar-refractivity contribution is 5.91. The van der Waals surface area contributed by atoms with Gasteiger partial charge in [0.25, 0.3) is 0 Å². The second kappa shape index (κ2) is 6.91. The lowest BCUT2D eigenvalue weighted by Gasteiger charge is -2.35. The monoisotopic (exact) mass is 311 g/mol. The minimum absolute atomic E-state index is 0. The number of hydrogen-bond donors (Lipinski definition) is 3. The zero-order chi connectivity index (χ0) is 14.8. The first-order chi connectivity index (χ1) is 9.45. The zero-order valence-electron chi connectivity index (χ0n) is 12.3. The van der Waals surface area contributed by atoms with E-state index in [1.807, 2.05) is 25.1 Å². The van der Waals surface area contributed by atoms with E-state index in [0.29, 0.717) is 11.5 Å². The maximum atomic E-state index is 12.3. The zero-order valence-corrected chi connectivity index (χ0v) is 13.1. The summed E-state index contributed by atoms with van der Waals surface area (Å²) >= 11 is 0. The Labute approximate surface area is 131 Å². The van der Waals surface area contributed by atoms with Crippen molar-refractivity contribution < 1.29 is 9.59 Å². The minimum Gasteiger partial charge on any atom is -0.367 e. The summed E-state index contributed by atoms with van der Waals surface area (Å²) in [6.45, 7) is 5.21. The van der Waals surface area contributed by atoms with Crippen molar-refractivity contribution in [2.45, 2.75) is 19.4 Å². The van der Waals surface area contributed by atoms with Crippen LogP contribution in [0.1, 0.15) is 19.4 Å². The Kier molecular flexibility index (Phi) is 5.75. The van der Waals surface area contributed by atoms with E-state index in [0.717, 1.165) is 13.1 Å². The summed E-state index contributed by atoms with van der Waals surface area (Å²) in [6, 6.07) is 9.08. The van der Waals surface area contributed by atoms with Gasteiger partial charge in [0.05, 0.1) is 0 Å². The summed E-state index contributed by atoms with van der Waals surface area (Å²) in [6.07, 6.45) is 0. The fraction of sp³-hybridized carbons (Fsp3) is 0.467. The number of amides is 2. The number of hydrogen-bond acceptors (Lipinski definition) is 3. The number of carbonyl (C=O) groups is 2. The largest absolute Gasteiger partial charge is 0.367 e. The van der Waals surface area contributed by atoms with Gasteiger partial charge in [0.15, 0.2) is 0 Å². The van der Waals surface area contributed by atoms with Gasteiger partial charge < -0.3 is 16.4 Å². The SMILES string of the molecule is CC(C(=O)NC(C)(C(N)=O)c1ccccc1)C1CNC1.Cl. The first-order valence-electron chi connectivity index (χ1n) is 6.83. The minimum atomic E-state index is -1.18. The molecule has 0 bridgehead atoms. The molecule has 21 heavy (non-hydrogen) atoms. The van der Waals surface area contributed by atoms with Crippen LogP contribution in [-0.2, 0) is 15.1 Å². The summed E-state index contributed by atoms with van der Waals surface area (Å²) < 4.78 is 0. The van der Waals surface area contributed by atoms with Crippen LogP contribution in [0.3, 0.4) is 0 Å². The number of nitrogens with one attached hydrogen (secondary N) is 2. The lowest BCUT2D eigenvalue weighted by atomic mass is 9.85. The molecule has 0 saturated carbocycles. The van der Waals surface area contributed by atoms with Crippen molar-refractivity contribution >= 4 is 24.2 Å². The average molecular weight is 312 g/mol. The van der Waals surface area contributed by atoms with Crippen LogP contribution < -0.4 is 16.4 Å². The molecule has 1 fully saturated rings. The van der Waals surface area contributed by atoms with Gasteiger partial charge in [-0.2, -0.15) is 0 Å². The number of benzene rings is 1. The fourth-order valence-corrected chi connectivity index (χ4v) is 2.29. The van der Waals surface area contributed by atoms with Crippen molar-refractivity contribution in [2.24, 2.45) is 17.6 Å². The van der Waals surface area contributed by atoms with Crippen LogP contribution in [-0.4, -0.2) is 24.9 Å². The highest BCUT2D eigenvalue weighted by Gasteiger charge is 2.38. The van der Waals surface area contributed by atoms with Crippen molar-refractivity contribution in [1.82, 2.24) is 10.6 Å². The Balaban J connectivity index is 0.00000220. The molecule has 2 unspecified atom stereocenters. The highest BCUT2D eigenvalue weighted by Crippen LogP contribution is 2.23. The molecule has 4 N–H and O–H groups in total. The van der Waals surface area contributed by atoms with Crippen LogP contribution in [0.5, 0.6) is 0 Å². The second-order valence-electron chi connectivity index (χ2n) is 5.55. The predicted molar refractivity (Wildman–Crippen MR) is 83.9 cm³/mol. The number of halogens is 1. The Morgan fingerprint density at radius 1 is 1.33 bits per heavy atom. The van der Waals surface area contributed by atoms with Crippen LogP contribution in [0, 0.1) is 11.8 Å². The van der Waals surface area contributed by atoms with Gasteiger partial charge in [-0.3, -0.25) is 9.59 Å². The van der Waals surface area contributed by atoms with Crippen molar-refractivity contribution in [3.8, 4) is 0 Å². The van der Waals surface area contributed by atoms with Gasteiger partial charge in [-0.25, -0.2) is 0 Å². The standard InChI is InChI=1S/C15H21N3O2.ClH/c1-10(11-8-17-9-11)13(19)18-15(2,14(16)20)12-6-4-3-5-7-12;/h3-7,10-11,17H,8-9H2,1-2H3,(H2,16,20)(H,18,19);1H. The summed E-state index contributed by atoms with van der Waals surface area (Å²) in [5, 5.41) is 5.96. The first kappa shape index (κ1) is 17.5. The van der Waals surface area contributed by atoms with Gasteiger partial charge in [-0.05, 0) is 31.5 Å². The molecule has 0 aliphatic carbocycles. The van der Waals surface area contributed by atoms with Gasteiger partial charge >= 0.3 is 0 Å². The molecule has 1 aromatic rings. The molecule has 6 heteroatoms. The Hall–Kier alpha value is -1.59. The molecule has 1 aliphatic heterocycles. The number of carbonyl (C=O) groups excluding carboxylic acids is 2. The molecular weight excluding hydrogens is 290 g/mol. The van der Waals surface area contributed by atoms with E-state index in [2.05, 4.69) is 10.6 Å². The van der Waals surface area contributed by atoms with Crippen LogP contribution in [0.15, 0.2) is 30.3 Å². The molecular formula is C15H22ClN3O2. The van der Waals surface area contributed by atoms with Gasteiger partial charge in [-0.1, -0.05) is 37.3 Å². The molecule has 2 atom stereocenters. The Morgan fingerprint density at radius 3 is 2.33 bits per heavy atom. The molecule has 0 aromatic heterocycles. The smallest absolute Gasteiger partial charge is 0.247 e. The van der Waals surface area contributed by atoms with Crippen LogP contribution in [0.2, 0.25) is 0 Å². The molecule has 1 heterocycles. The first-order valence-corrected chi connectivity index (χ1v) is 6.83. The summed E-state index contributed by atoms with van der Waals surface area (Å²) in [7, 11) is 0.